The predicted octanol–water partition coefficient (Wildman–Crippen LogP) is 8.72. The van der Waals surface area contributed by atoms with Crippen LogP contribution in [-0.2, 0) is 12.8 Å². The molecule has 1 aliphatic carbocycles. The smallest absolute Gasteiger partial charge is 0.0653 e. The van der Waals surface area contributed by atoms with Crippen LogP contribution in [0.15, 0.2) is 24.3 Å². The molecule has 1 nitrogen and oxygen atoms in total. The number of rotatable bonds is 11. The van der Waals surface area contributed by atoms with Crippen molar-refractivity contribution in [3.05, 3.63) is 35.4 Å². The van der Waals surface area contributed by atoms with Crippen molar-refractivity contribution in [3.63, 3.8) is 0 Å². The molecule has 1 atom stereocenters. The van der Waals surface area contributed by atoms with Crippen molar-refractivity contribution in [3.8, 4) is 6.07 Å². The Morgan fingerprint density at radius 1 is 1.03 bits per heavy atom. The molecule has 1 aliphatic rings. The van der Waals surface area contributed by atoms with Gasteiger partial charge in [-0.2, -0.15) is 5.26 Å². The lowest BCUT2D eigenvalue weighted by molar-refractivity contribution is 0.130. The molecule has 0 saturated heterocycles. The summed E-state index contributed by atoms with van der Waals surface area (Å²) in [6.45, 7) is 13.3. The highest BCUT2D eigenvalue weighted by atomic mass is 14.4. The Bertz CT molecular complexity index is 545. The quantitative estimate of drug-likeness (QED) is 0.265. The molecule has 0 fully saturated rings. The predicted molar refractivity (Wildman–Crippen MR) is 135 cm³/mol. The molecule has 0 heterocycles. The first-order chi connectivity index (χ1) is 14.5. The maximum absolute atomic E-state index is 8.87. The Hall–Kier alpha value is -1.23. The second-order valence-electron chi connectivity index (χ2n) is 9.11. The van der Waals surface area contributed by atoms with Crippen molar-refractivity contribution in [2.45, 2.75) is 118 Å². The zero-order valence-electron chi connectivity index (χ0n) is 21.0. The molecule has 2 radical (unpaired) electrons. The molecule has 0 aromatic heterocycles. The topological polar surface area (TPSA) is 23.8 Å². The van der Waals surface area contributed by atoms with Crippen LogP contribution in [0.25, 0.3) is 0 Å². The van der Waals surface area contributed by atoms with E-state index in [0.717, 1.165) is 31.0 Å². The van der Waals surface area contributed by atoms with Gasteiger partial charge in [0.1, 0.15) is 0 Å². The summed E-state index contributed by atoms with van der Waals surface area (Å²) < 4.78 is 0. The van der Waals surface area contributed by atoms with Crippen LogP contribution < -0.4 is 0 Å². The van der Waals surface area contributed by atoms with Crippen LogP contribution in [0.5, 0.6) is 0 Å². The molecule has 0 bridgehead atoms. The Kier molecular flexibility index (Phi) is 16.7. The Morgan fingerprint density at radius 2 is 1.57 bits per heavy atom. The zero-order valence-corrected chi connectivity index (χ0v) is 21.0. The molecule has 0 spiro atoms. The second-order valence-corrected chi connectivity index (χ2v) is 9.11. The van der Waals surface area contributed by atoms with Gasteiger partial charge in [0.05, 0.1) is 13.9 Å². The van der Waals surface area contributed by atoms with Gasteiger partial charge in [0.25, 0.3) is 0 Å². The molecule has 0 N–H and O–H groups in total. The van der Waals surface area contributed by atoms with E-state index in [4.69, 9.17) is 13.1 Å². The summed E-state index contributed by atoms with van der Waals surface area (Å²) >= 11 is 0. The third-order valence-corrected chi connectivity index (χ3v) is 6.52. The van der Waals surface area contributed by atoms with Crippen molar-refractivity contribution < 1.29 is 0 Å². The minimum Gasteiger partial charge on any atom is -0.198 e. The molecular formula is C28H48BN. The number of unbranched alkanes of at least 4 members (excludes halogenated alkanes) is 1. The van der Waals surface area contributed by atoms with Gasteiger partial charge in [0.15, 0.2) is 0 Å². The van der Waals surface area contributed by atoms with E-state index in [9.17, 15) is 0 Å². The molecule has 2 rings (SSSR count). The van der Waals surface area contributed by atoms with Gasteiger partial charge >= 0.3 is 0 Å². The second kappa shape index (κ2) is 17.5. The van der Waals surface area contributed by atoms with E-state index in [2.05, 4.69) is 58.0 Å². The molecule has 1 unspecified atom stereocenters. The maximum atomic E-state index is 8.87. The monoisotopic (exact) mass is 409 g/mol. The Labute approximate surface area is 190 Å². The van der Waals surface area contributed by atoms with E-state index >= 15 is 0 Å². The van der Waals surface area contributed by atoms with Crippen LogP contribution in [-0.4, -0.2) is 7.85 Å². The zero-order chi connectivity index (χ0) is 22.8. The van der Waals surface area contributed by atoms with Crippen LogP contribution in [0.1, 0.15) is 110 Å². The lowest BCUT2D eigenvalue weighted by Gasteiger charge is -2.38. The average molecular weight is 410 g/mol. The standard InChI is InChI=1S/C16H30BN.C10H12.C2H6/c1-4-9-15(10-5-2)16(3,12-8-14-18)11-6-7-13-17;1-8-6-9-4-2-3-5-10(9)7-8;1-2/h15H,4-13H2,1-3H3;2-5,8H,6-7H2,1H3;1-2H3. The normalized spacial score (nSPS) is 14.6. The van der Waals surface area contributed by atoms with Crippen molar-refractivity contribution in [1.82, 2.24) is 0 Å². The first kappa shape index (κ1) is 28.8. The number of fused-ring (bicyclic) bond motifs is 1. The molecule has 1 aromatic carbocycles. The van der Waals surface area contributed by atoms with Gasteiger partial charge in [-0.3, -0.25) is 0 Å². The summed E-state index contributed by atoms with van der Waals surface area (Å²) in [5, 5.41) is 8.87. The molecule has 2 heteroatoms. The van der Waals surface area contributed by atoms with Crippen molar-refractivity contribution in [2.24, 2.45) is 17.3 Å². The Balaban J connectivity index is 0.000000581. The van der Waals surface area contributed by atoms with Gasteiger partial charge in [-0.25, -0.2) is 0 Å². The molecule has 0 amide bonds. The van der Waals surface area contributed by atoms with E-state index in [1.165, 1.54) is 51.4 Å². The summed E-state index contributed by atoms with van der Waals surface area (Å²) in [6, 6.07) is 11.1. The van der Waals surface area contributed by atoms with E-state index in [-0.39, 0.29) is 0 Å². The van der Waals surface area contributed by atoms with Crippen molar-refractivity contribution >= 4 is 7.85 Å². The van der Waals surface area contributed by atoms with Crippen LogP contribution in [0.3, 0.4) is 0 Å². The van der Waals surface area contributed by atoms with Crippen LogP contribution in [0.2, 0.25) is 6.32 Å². The number of benzene rings is 1. The van der Waals surface area contributed by atoms with E-state index in [0.29, 0.717) is 11.8 Å². The lowest BCUT2D eigenvalue weighted by atomic mass is 9.67. The molecule has 168 valence electrons. The van der Waals surface area contributed by atoms with Gasteiger partial charge in [-0.15, -0.1) is 0 Å². The lowest BCUT2D eigenvalue weighted by Crippen LogP contribution is -2.27. The number of hydrogen-bond acceptors (Lipinski definition) is 1. The number of hydrogen-bond donors (Lipinski definition) is 0. The summed E-state index contributed by atoms with van der Waals surface area (Å²) in [7, 11) is 5.60. The Morgan fingerprint density at radius 3 is 2.00 bits per heavy atom. The van der Waals surface area contributed by atoms with Gasteiger partial charge in [-0.05, 0) is 54.1 Å². The molecule has 30 heavy (non-hydrogen) atoms. The fraction of sp³-hybridized carbons (Fsp3) is 0.750. The molecule has 0 aliphatic heterocycles. The highest BCUT2D eigenvalue weighted by Crippen LogP contribution is 2.42. The first-order valence-corrected chi connectivity index (χ1v) is 12.6. The minimum atomic E-state index is 0.344. The van der Waals surface area contributed by atoms with Gasteiger partial charge in [0.2, 0.25) is 0 Å². The van der Waals surface area contributed by atoms with Crippen molar-refractivity contribution in [2.75, 3.05) is 0 Å². The molecule has 1 aromatic rings. The summed E-state index contributed by atoms with van der Waals surface area (Å²) in [6.07, 6.45) is 13.8. The largest absolute Gasteiger partial charge is 0.198 e. The van der Waals surface area contributed by atoms with E-state index < -0.39 is 0 Å². The number of nitrogens with zero attached hydrogens (tertiary/aromatic N) is 1. The van der Waals surface area contributed by atoms with Crippen molar-refractivity contribution in [1.29, 1.82) is 5.26 Å². The minimum absolute atomic E-state index is 0.344. The van der Waals surface area contributed by atoms with Crippen LogP contribution in [0.4, 0.5) is 0 Å². The van der Waals surface area contributed by atoms with E-state index in [1.807, 2.05) is 13.8 Å². The maximum Gasteiger partial charge on any atom is 0.0653 e. The number of nitriles is 1. The fourth-order valence-electron chi connectivity index (χ4n) is 4.86. The summed E-state index contributed by atoms with van der Waals surface area (Å²) in [5.41, 5.74) is 3.47. The van der Waals surface area contributed by atoms with Gasteiger partial charge in [0, 0.05) is 6.42 Å². The average Bonchev–Trinajstić information content (AvgIpc) is 3.14. The SMILES string of the molecule is CC.CC1Cc2ccccc2C1.[B]CCCCC(C)(CCC#N)C(CCC)CCC. The summed E-state index contributed by atoms with van der Waals surface area (Å²) in [4.78, 5) is 0. The first-order valence-electron chi connectivity index (χ1n) is 12.6. The third-order valence-electron chi connectivity index (χ3n) is 6.52. The third kappa shape index (κ3) is 10.7. The van der Waals surface area contributed by atoms with Gasteiger partial charge < -0.3 is 0 Å². The van der Waals surface area contributed by atoms with Crippen LogP contribution in [0, 0.1) is 28.6 Å². The van der Waals surface area contributed by atoms with E-state index in [1.54, 1.807) is 11.1 Å². The van der Waals surface area contributed by atoms with Crippen LogP contribution >= 0.6 is 0 Å². The highest BCUT2D eigenvalue weighted by molar-refractivity contribution is 6.08. The highest BCUT2D eigenvalue weighted by Gasteiger charge is 2.31. The van der Waals surface area contributed by atoms with Gasteiger partial charge in [-0.1, -0.05) is 111 Å². The summed E-state index contributed by atoms with van der Waals surface area (Å²) in [5.74, 6) is 1.65. The molecular weight excluding hydrogens is 361 g/mol. The fourth-order valence-corrected chi connectivity index (χ4v) is 4.86. The molecule has 0 saturated carbocycles.